The van der Waals surface area contributed by atoms with Gasteiger partial charge >= 0.3 is 0 Å². The predicted molar refractivity (Wildman–Crippen MR) is 145 cm³/mol. The third-order valence-electron chi connectivity index (χ3n) is 7.26. The van der Waals surface area contributed by atoms with Gasteiger partial charge in [0.15, 0.2) is 0 Å². The summed E-state index contributed by atoms with van der Waals surface area (Å²) in [6.45, 7) is 4.19. The second kappa shape index (κ2) is 10.5. The van der Waals surface area contributed by atoms with Crippen LogP contribution in [0.5, 0.6) is 11.5 Å². The average Bonchev–Trinajstić information content (AvgIpc) is 3.17. The topological polar surface area (TPSA) is 63.7 Å². The molecule has 0 radical (unpaired) electrons. The monoisotopic (exact) mass is 535 g/mol. The van der Waals surface area contributed by atoms with Gasteiger partial charge in [-0.1, -0.05) is 29.8 Å². The molecule has 0 unspecified atom stereocenters. The summed E-state index contributed by atoms with van der Waals surface area (Å²) in [6.07, 6.45) is -0.123. The number of rotatable bonds is 6. The molecule has 38 heavy (non-hydrogen) atoms. The highest BCUT2D eigenvalue weighted by atomic mass is 35.5. The summed E-state index contributed by atoms with van der Waals surface area (Å²) in [5.74, 6) is -0.264. The minimum Gasteiger partial charge on any atom is -0.497 e. The number of anilines is 2. The number of hydrogen-bond donors (Lipinski definition) is 0. The van der Waals surface area contributed by atoms with E-state index in [0.717, 1.165) is 37.6 Å². The van der Waals surface area contributed by atoms with Gasteiger partial charge in [-0.3, -0.25) is 19.3 Å². The van der Waals surface area contributed by atoms with Gasteiger partial charge in [0.25, 0.3) is 11.7 Å². The highest BCUT2D eigenvalue weighted by Gasteiger charge is 2.57. The number of nitrogens with zero attached hydrogens (tertiary/aromatic N) is 3. The molecule has 3 aliphatic rings. The van der Waals surface area contributed by atoms with E-state index in [9.17, 15) is 4.79 Å². The number of piperazine rings is 1. The van der Waals surface area contributed by atoms with E-state index in [1.165, 1.54) is 5.69 Å². The third-order valence-corrected chi connectivity index (χ3v) is 7.52. The van der Waals surface area contributed by atoms with Gasteiger partial charge in [-0.2, -0.15) is 0 Å². The fourth-order valence-corrected chi connectivity index (χ4v) is 5.37. The molecular weight excluding hydrogens is 506 g/mol. The van der Waals surface area contributed by atoms with E-state index in [1.807, 2.05) is 36.4 Å². The van der Waals surface area contributed by atoms with E-state index in [4.69, 9.17) is 30.5 Å². The first kappa shape index (κ1) is 25.0. The van der Waals surface area contributed by atoms with Gasteiger partial charge in [-0.05, 0) is 54.6 Å². The Morgan fingerprint density at radius 2 is 1.66 bits per heavy atom. The molecule has 0 N–H and O–H groups in total. The van der Waals surface area contributed by atoms with Crippen LogP contribution >= 0.6 is 11.6 Å². The van der Waals surface area contributed by atoms with Crippen LogP contribution in [0.4, 0.5) is 11.4 Å². The molecule has 3 heterocycles. The Kier molecular flexibility index (Phi) is 6.88. The van der Waals surface area contributed by atoms with Crippen LogP contribution in [-0.2, 0) is 20.1 Å². The number of carbonyl (C=O) groups excluding carboxylic acids is 1. The van der Waals surface area contributed by atoms with Crippen molar-refractivity contribution < 1.29 is 23.7 Å². The predicted octanol–water partition coefficient (Wildman–Crippen LogP) is 4.47. The van der Waals surface area contributed by atoms with Crippen molar-refractivity contribution in [3.05, 3.63) is 83.4 Å². The molecule has 0 aliphatic carbocycles. The average molecular weight is 536 g/mol. The van der Waals surface area contributed by atoms with Crippen molar-refractivity contribution in [2.45, 2.75) is 18.5 Å². The van der Waals surface area contributed by atoms with Crippen molar-refractivity contribution in [3.63, 3.8) is 0 Å². The normalized spacial score (nSPS) is 23.5. The Morgan fingerprint density at radius 1 is 0.947 bits per heavy atom. The lowest BCUT2D eigenvalue weighted by molar-refractivity contribution is -0.316. The maximum Gasteiger partial charge on any atom is 0.293 e. The zero-order chi connectivity index (χ0) is 26.1. The largest absolute Gasteiger partial charge is 0.497 e. The highest BCUT2D eigenvalue weighted by molar-refractivity contribution is 6.30. The van der Waals surface area contributed by atoms with E-state index in [0.29, 0.717) is 36.0 Å². The molecule has 2 saturated heterocycles. The minimum atomic E-state index is -1.52. The van der Waals surface area contributed by atoms with Crippen LogP contribution in [0.25, 0.3) is 0 Å². The number of para-hydroxylation sites is 1. The van der Waals surface area contributed by atoms with E-state index >= 15 is 0 Å². The van der Waals surface area contributed by atoms with E-state index in [1.54, 1.807) is 36.3 Å². The van der Waals surface area contributed by atoms with Crippen molar-refractivity contribution in [2.24, 2.45) is 0 Å². The van der Waals surface area contributed by atoms with E-state index in [2.05, 4.69) is 21.9 Å². The summed E-state index contributed by atoms with van der Waals surface area (Å²) in [5, 5.41) is 0.627. The van der Waals surface area contributed by atoms with Gasteiger partial charge in [0.2, 0.25) is 6.29 Å². The number of amides is 1. The first-order valence-electron chi connectivity index (χ1n) is 12.8. The van der Waals surface area contributed by atoms with Crippen LogP contribution in [0.1, 0.15) is 12.0 Å². The van der Waals surface area contributed by atoms with Crippen LogP contribution in [0.2, 0.25) is 5.02 Å². The Bertz CT molecular complexity index is 1280. The lowest BCUT2D eigenvalue weighted by Gasteiger charge is -2.39. The SMILES string of the molecule is COc1ccc(N2CCN(CN3C(=O)[C@@]4(OCC[C@@H](Oc5ccc(Cl)cc5)O4)c4ccccc43)CC2)cc1. The summed E-state index contributed by atoms with van der Waals surface area (Å²) in [7, 11) is 1.67. The van der Waals surface area contributed by atoms with Crippen LogP contribution in [0, 0.1) is 0 Å². The Balaban J connectivity index is 1.15. The minimum absolute atomic E-state index is 0.222. The molecule has 2 fully saturated rings. The molecule has 0 bridgehead atoms. The number of fused-ring (bicyclic) bond motifs is 2. The first-order valence-corrected chi connectivity index (χ1v) is 13.2. The summed E-state index contributed by atoms with van der Waals surface area (Å²) in [4.78, 5) is 20.4. The number of ether oxygens (including phenoxy) is 4. The zero-order valence-electron chi connectivity index (χ0n) is 21.2. The molecule has 1 amide bonds. The van der Waals surface area contributed by atoms with Crippen LogP contribution in [0.3, 0.4) is 0 Å². The summed E-state index contributed by atoms with van der Waals surface area (Å²) in [5.41, 5.74) is 2.69. The van der Waals surface area contributed by atoms with Crippen molar-refractivity contribution >= 4 is 28.9 Å². The van der Waals surface area contributed by atoms with Crippen molar-refractivity contribution in [1.82, 2.24) is 4.90 Å². The van der Waals surface area contributed by atoms with Gasteiger partial charge in [-0.15, -0.1) is 0 Å². The standard InChI is InChI=1S/C29H30ClN3O5/c1-35-23-12-8-22(9-13-23)32-17-15-31(16-18-32)20-33-26-5-3-2-4-25(26)29(28(33)34)36-19-14-27(38-29)37-24-10-6-21(30)7-11-24/h2-13,27H,14-20H2,1H3/t27-,29+/m0/s1. The summed E-state index contributed by atoms with van der Waals surface area (Å²) in [6, 6.07) is 22.9. The fourth-order valence-electron chi connectivity index (χ4n) is 5.25. The molecule has 3 aromatic carbocycles. The number of carbonyl (C=O) groups is 1. The molecule has 3 aromatic rings. The van der Waals surface area contributed by atoms with Crippen LogP contribution in [0.15, 0.2) is 72.8 Å². The summed E-state index contributed by atoms with van der Waals surface area (Å²) < 4.78 is 23.8. The second-order valence-electron chi connectivity index (χ2n) is 9.57. The Hall–Kier alpha value is -3.30. The molecule has 0 aromatic heterocycles. The Morgan fingerprint density at radius 3 is 2.39 bits per heavy atom. The smallest absolute Gasteiger partial charge is 0.293 e. The van der Waals surface area contributed by atoms with Gasteiger partial charge in [0.05, 0.1) is 26.1 Å². The van der Waals surface area contributed by atoms with Crippen molar-refractivity contribution in [2.75, 3.05) is 56.4 Å². The quantitative estimate of drug-likeness (QED) is 0.461. The molecule has 1 spiro atoms. The summed E-state index contributed by atoms with van der Waals surface area (Å²) >= 11 is 6.01. The molecule has 6 rings (SSSR count). The fraction of sp³-hybridized carbons (Fsp3) is 0.345. The number of methoxy groups -OCH3 is 1. The second-order valence-corrected chi connectivity index (χ2v) is 10.0. The van der Waals surface area contributed by atoms with Crippen molar-refractivity contribution in [1.29, 1.82) is 0 Å². The molecule has 8 nitrogen and oxygen atoms in total. The maximum atomic E-state index is 14.0. The van der Waals surface area contributed by atoms with Gasteiger partial charge in [0.1, 0.15) is 11.5 Å². The van der Waals surface area contributed by atoms with Crippen molar-refractivity contribution in [3.8, 4) is 11.5 Å². The van der Waals surface area contributed by atoms with E-state index in [-0.39, 0.29) is 5.91 Å². The first-order chi connectivity index (χ1) is 18.6. The molecule has 2 atom stereocenters. The Labute approximate surface area is 227 Å². The lowest BCUT2D eigenvalue weighted by atomic mass is 10.1. The number of hydrogen-bond acceptors (Lipinski definition) is 7. The molecule has 198 valence electrons. The zero-order valence-corrected chi connectivity index (χ0v) is 22.0. The number of halogens is 1. The maximum absolute atomic E-state index is 14.0. The van der Waals surface area contributed by atoms with Crippen LogP contribution < -0.4 is 19.3 Å². The number of benzene rings is 3. The van der Waals surface area contributed by atoms with Gasteiger partial charge in [-0.25, -0.2) is 0 Å². The molecule has 3 aliphatic heterocycles. The lowest BCUT2D eigenvalue weighted by Crippen LogP contribution is -2.55. The van der Waals surface area contributed by atoms with Gasteiger partial charge in [0, 0.05) is 48.9 Å². The molecular formula is C29H30ClN3O5. The molecule has 9 heteroatoms. The molecule has 0 saturated carbocycles. The highest BCUT2D eigenvalue weighted by Crippen LogP contribution is 2.46. The van der Waals surface area contributed by atoms with E-state index < -0.39 is 12.1 Å². The van der Waals surface area contributed by atoms with Crippen LogP contribution in [-0.4, -0.2) is 63.7 Å². The third kappa shape index (κ3) is 4.69. The van der Waals surface area contributed by atoms with Gasteiger partial charge < -0.3 is 19.1 Å².